The standard InChI is InChI=1S/C13H20N2O2S3/c1-8-5-9(2)7-10(6-8)15-20(16,17)12-4-3-11(19-12)13(14)18/h3-4,8-10,15H,5-7H2,1-2H3,(H2,14,18). The van der Waals surface area contributed by atoms with Crippen LogP contribution >= 0.6 is 23.6 Å². The molecule has 1 aromatic heterocycles. The van der Waals surface area contributed by atoms with Gasteiger partial charge >= 0.3 is 0 Å². The number of hydrogen-bond acceptors (Lipinski definition) is 4. The van der Waals surface area contributed by atoms with Gasteiger partial charge in [0.05, 0.1) is 4.88 Å². The van der Waals surface area contributed by atoms with Gasteiger partial charge in [0.2, 0.25) is 10.0 Å². The van der Waals surface area contributed by atoms with Crippen LogP contribution in [0.3, 0.4) is 0 Å². The third kappa shape index (κ3) is 3.78. The zero-order valence-corrected chi connectivity index (χ0v) is 14.1. The van der Waals surface area contributed by atoms with Gasteiger partial charge in [0.1, 0.15) is 9.20 Å². The number of nitrogens with two attached hydrogens (primary N) is 1. The smallest absolute Gasteiger partial charge is 0.250 e. The van der Waals surface area contributed by atoms with Crippen LogP contribution in [0.15, 0.2) is 16.3 Å². The summed E-state index contributed by atoms with van der Waals surface area (Å²) in [5.41, 5.74) is 5.52. The number of thiocarbonyl (C=S) groups is 1. The average Bonchev–Trinajstić information content (AvgIpc) is 2.76. The molecule has 0 aromatic carbocycles. The molecule has 0 aliphatic heterocycles. The first-order chi connectivity index (χ1) is 9.28. The van der Waals surface area contributed by atoms with Gasteiger partial charge in [-0.3, -0.25) is 0 Å². The summed E-state index contributed by atoms with van der Waals surface area (Å²) in [6.45, 7) is 4.35. The molecular weight excluding hydrogens is 312 g/mol. The number of nitrogens with one attached hydrogen (secondary N) is 1. The van der Waals surface area contributed by atoms with Crippen molar-refractivity contribution in [1.29, 1.82) is 0 Å². The molecule has 112 valence electrons. The molecule has 0 spiro atoms. The van der Waals surface area contributed by atoms with E-state index in [1.54, 1.807) is 12.1 Å². The Morgan fingerprint density at radius 1 is 1.30 bits per heavy atom. The second kappa shape index (κ2) is 6.09. The Labute approximate surface area is 129 Å². The lowest BCUT2D eigenvalue weighted by Crippen LogP contribution is -2.39. The van der Waals surface area contributed by atoms with Crippen molar-refractivity contribution in [1.82, 2.24) is 4.72 Å². The van der Waals surface area contributed by atoms with Gasteiger partial charge in [-0.25, -0.2) is 13.1 Å². The maximum atomic E-state index is 12.4. The van der Waals surface area contributed by atoms with Gasteiger partial charge in [0, 0.05) is 6.04 Å². The van der Waals surface area contributed by atoms with E-state index < -0.39 is 10.0 Å². The third-order valence-electron chi connectivity index (χ3n) is 3.59. The molecule has 2 rings (SSSR count). The van der Waals surface area contributed by atoms with Crippen molar-refractivity contribution in [2.45, 2.75) is 43.4 Å². The second-order valence-corrected chi connectivity index (χ2v) is 9.18. The minimum absolute atomic E-state index is 0.0223. The molecule has 2 atom stereocenters. The molecule has 1 fully saturated rings. The molecule has 3 N–H and O–H groups in total. The van der Waals surface area contributed by atoms with Gasteiger partial charge in [-0.1, -0.05) is 26.1 Å². The van der Waals surface area contributed by atoms with Crippen molar-refractivity contribution in [3.05, 3.63) is 17.0 Å². The molecule has 1 aliphatic rings. The Kier molecular flexibility index (Phi) is 4.84. The highest BCUT2D eigenvalue weighted by molar-refractivity contribution is 7.91. The zero-order chi connectivity index (χ0) is 14.9. The molecule has 4 nitrogen and oxygen atoms in total. The van der Waals surface area contributed by atoms with Crippen molar-refractivity contribution < 1.29 is 8.42 Å². The highest BCUT2D eigenvalue weighted by Crippen LogP contribution is 2.30. The van der Waals surface area contributed by atoms with Gasteiger partial charge in [-0.2, -0.15) is 0 Å². The molecule has 1 aliphatic carbocycles. The highest BCUT2D eigenvalue weighted by Gasteiger charge is 2.28. The molecule has 0 radical (unpaired) electrons. The van der Waals surface area contributed by atoms with Crippen molar-refractivity contribution in [3.8, 4) is 0 Å². The Balaban J connectivity index is 2.12. The minimum Gasteiger partial charge on any atom is -0.389 e. The van der Waals surface area contributed by atoms with Crippen LogP contribution in [0.1, 0.15) is 38.0 Å². The quantitative estimate of drug-likeness (QED) is 0.831. The normalized spacial score (nSPS) is 27.4. The van der Waals surface area contributed by atoms with Gasteiger partial charge in [-0.05, 0) is 43.2 Å². The predicted molar refractivity (Wildman–Crippen MR) is 86.5 cm³/mol. The summed E-state index contributed by atoms with van der Waals surface area (Å²) < 4.78 is 27.8. The number of sulfonamides is 1. The molecule has 0 amide bonds. The number of thiophene rings is 1. The van der Waals surface area contributed by atoms with Crippen molar-refractivity contribution >= 4 is 38.6 Å². The fourth-order valence-electron chi connectivity index (χ4n) is 2.92. The lowest BCUT2D eigenvalue weighted by Gasteiger charge is -2.31. The molecule has 7 heteroatoms. The van der Waals surface area contributed by atoms with E-state index in [0.717, 1.165) is 24.2 Å². The van der Waals surface area contributed by atoms with E-state index in [2.05, 4.69) is 18.6 Å². The molecule has 0 saturated heterocycles. The van der Waals surface area contributed by atoms with E-state index in [0.29, 0.717) is 16.7 Å². The van der Waals surface area contributed by atoms with E-state index in [9.17, 15) is 8.42 Å². The SMILES string of the molecule is CC1CC(C)CC(NS(=O)(=O)c2ccc(C(N)=S)s2)C1. The van der Waals surface area contributed by atoms with Crippen LogP contribution in [0.25, 0.3) is 0 Å². The molecular formula is C13H20N2O2S3. The van der Waals surface area contributed by atoms with Crippen molar-refractivity contribution in [2.75, 3.05) is 0 Å². The fourth-order valence-corrected chi connectivity index (χ4v) is 5.55. The summed E-state index contributed by atoms with van der Waals surface area (Å²) in [7, 11) is -3.47. The van der Waals surface area contributed by atoms with E-state index >= 15 is 0 Å². The summed E-state index contributed by atoms with van der Waals surface area (Å²) in [6, 6.07) is 3.25. The van der Waals surface area contributed by atoms with E-state index in [1.165, 1.54) is 6.42 Å². The van der Waals surface area contributed by atoms with Crippen LogP contribution in [0.2, 0.25) is 0 Å². The van der Waals surface area contributed by atoms with Crippen LogP contribution in [0.5, 0.6) is 0 Å². The second-order valence-electron chi connectivity index (χ2n) is 5.72. The van der Waals surface area contributed by atoms with Crippen LogP contribution in [0, 0.1) is 11.8 Å². The summed E-state index contributed by atoms with van der Waals surface area (Å²) in [6.07, 6.45) is 2.97. The van der Waals surface area contributed by atoms with Crippen LogP contribution in [0.4, 0.5) is 0 Å². The molecule has 2 unspecified atom stereocenters. The van der Waals surface area contributed by atoms with Crippen LogP contribution < -0.4 is 10.5 Å². The van der Waals surface area contributed by atoms with E-state index in [4.69, 9.17) is 18.0 Å². The van der Waals surface area contributed by atoms with Gasteiger partial charge in [0.25, 0.3) is 0 Å². The first-order valence-corrected chi connectivity index (χ1v) is 9.40. The molecule has 0 bridgehead atoms. The van der Waals surface area contributed by atoms with E-state index in [-0.39, 0.29) is 15.2 Å². The summed E-state index contributed by atoms with van der Waals surface area (Å²) >= 11 is 5.98. The first-order valence-electron chi connectivity index (χ1n) is 6.70. The first kappa shape index (κ1) is 15.9. The molecule has 1 saturated carbocycles. The Morgan fingerprint density at radius 2 is 1.90 bits per heavy atom. The number of hydrogen-bond donors (Lipinski definition) is 2. The fraction of sp³-hybridized carbons (Fsp3) is 0.615. The van der Waals surface area contributed by atoms with E-state index in [1.807, 2.05) is 0 Å². The van der Waals surface area contributed by atoms with Gasteiger partial charge in [0.15, 0.2) is 0 Å². The lowest BCUT2D eigenvalue weighted by atomic mass is 9.81. The van der Waals surface area contributed by atoms with Crippen LogP contribution in [-0.4, -0.2) is 19.4 Å². The third-order valence-corrected chi connectivity index (χ3v) is 7.07. The minimum atomic E-state index is -3.47. The van der Waals surface area contributed by atoms with Crippen molar-refractivity contribution in [3.63, 3.8) is 0 Å². The number of rotatable bonds is 4. The summed E-state index contributed by atoms with van der Waals surface area (Å²) in [5, 5.41) is 0. The maximum Gasteiger partial charge on any atom is 0.250 e. The van der Waals surface area contributed by atoms with Crippen LogP contribution in [-0.2, 0) is 10.0 Å². The Hall–Kier alpha value is -0.500. The largest absolute Gasteiger partial charge is 0.389 e. The zero-order valence-electron chi connectivity index (χ0n) is 11.6. The highest BCUT2D eigenvalue weighted by atomic mass is 32.2. The topological polar surface area (TPSA) is 72.2 Å². The average molecular weight is 333 g/mol. The lowest BCUT2D eigenvalue weighted by molar-refractivity contribution is 0.258. The van der Waals surface area contributed by atoms with Gasteiger partial charge in [-0.15, -0.1) is 11.3 Å². The molecule has 20 heavy (non-hydrogen) atoms. The Bertz CT molecular complexity index is 585. The Morgan fingerprint density at radius 3 is 2.40 bits per heavy atom. The van der Waals surface area contributed by atoms with Gasteiger partial charge < -0.3 is 5.73 Å². The summed E-state index contributed by atoms with van der Waals surface area (Å²) in [4.78, 5) is 0.863. The summed E-state index contributed by atoms with van der Waals surface area (Å²) in [5.74, 6) is 1.11. The molecule has 1 aromatic rings. The maximum absolute atomic E-state index is 12.4. The molecule has 1 heterocycles. The predicted octanol–water partition coefficient (Wildman–Crippen LogP) is 2.49. The monoisotopic (exact) mass is 332 g/mol. The van der Waals surface area contributed by atoms with Crippen molar-refractivity contribution in [2.24, 2.45) is 17.6 Å².